The van der Waals surface area contributed by atoms with Crippen LogP contribution in [0.4, 0.5) is 0 Å². The van der Waals surface area contributed by atoms with E-state index < -0.39 is 81.2 Å². The molecule has 0 saturated carbocycles. The van der Waals surface area contributed by atoms with Gasteiger partial charge in [-0.2, -0.15) is 0 Å². The van der Waals surface area contributed by atoms with Crippen LogP contribution in [0.3, 0.4) is 0 Å². The lowest BCUT2D eigenvalue weighted by Gasteiger charge is -2.40. The lowest BCUT2D eigenvalue weighted by Crippen LogP contribution is -2.60. The van der Waals surface area contributed by atoms with Gasteiger partial charge in [-0.3, -0.25) is 0 Å². The van der Waals surface area contributed by atoms with E-state index in [4.69, 9.17) is 18.9 Å². The molecule has 4 rings (SSSR count). The minimum atomic E-state index is -1.75. The fourth-order valence-electron chi connectivity index (χ4n) is 4.63. The minimum Gasteiger partial charge on any atom is -0.508 e. The molecular weight excluding hydrogens is 552 g/mol. The topological polar surface area (TPSA) is 259 Å². The first-order valence-corrected chi connectivity index (χ1v) is 12.7. The van der Waals surface area contributed by atoms with Gasteiger partial charge in [0.25, 0.3) is 0 Å². The van der Waals surface area contributed by atoms with E-state index in [0.29, 0.717) is 0 Å². The van der Waals surface area contributed by atoms with Gasteiger partial charge >= 0.3 is 0 Å². The molecule has 2 aromatic carbocycles. The molecule has 0 unspecified atom stereocenters. The Bertz CT molecular complexity index is 1170. The summed E-state index contributed by atoms with van der Waals surface area (Å²) in [4.78, 5) is 0. The quantitative estimate of drug-likeness (QED) is 0.136. The summed E-state index contributed by atoms with van der Waals surface area (Å²) in [7, 11) is 0. The standard InChI is InChI=1S/C26H34O15/c27-7-12-6-16(39-26-24(37)22(35)20(33)18(9-29)41-26)11(5-14(12)31)3-10-4-13(30)1-2-15(10)38-25-23(36)21(34)19(32)17(8-28)40-25/h1-2,4-6,17-37H,3,7-9H2/t17-,18-,19-,20-,21+,22+,23-,24-,25-,26-/m1/s1. The van der Waals surface area contributed by atoms with Crippen LogP contribution >= 0.6 is 0 Å². The highest BCUT2D eigenvalue weighted by atomic mass is 16.7. The van der Waals surface area contributed by atoms with Crippen molar-refractivity contribution >= 4 is 0 Å². The molecule has 15 nitrogen and oxygen atoms in total. The number of benzene rings is 2. The van der Waals surface area contributed by atoms with Crippen LogP contribution < -0.4 is 9.47 Å². The summed E-state index contributed by atoms with van der Waals surface area (Å²) in [5.74, 6) is -0.566. The van der Waals surface area contributed by atoms with Gasteiger partial charge in [-0.1, -0.05) is 0 Å². The maximum Gasteiger partial charge on any atom is 0.229 e. The van der Waals surface area contributed by atoms with Crippen molar-refractivity contribution < 1.29 is 75.1 Å². The highest BCUT2D eigenvalue weighted by Crippen LogP contribution is 2.36. The second-order valence-electron chi connectivity index (χ2n) is 9.85. The van der Waals surface area contributed by atoms with Crippen LogP contribution in [0.1, 0.15) is 16.7 Å². The van der Waals surface area contributed by atoms with E-state index >= 15 is 0 Å². The summed E-state index contributed by atoms with van der Waals surface area (Å²) < 4.78 is 22.3. The molecule has 2 aromatic rings. The van der Waals surface area contributed by atoms with E-state index in [1.54, 1.807) is 0 Å². The Kier molecular flexibility index (Phi) is 9.89. The number of aliphatic hydroxyl groups is 9. The summed E-state index contributed by atoms with van der Waals surface area (Å²) in [6.45, 7) is -1.98. The first-order chi connectivity index (χ1) is 19.5. The molecule has 10 atom stereocenters. The van der Waals surface area contributed by atoms with E-state index in [0.717, 1.165) is 0 Å². The van der Waals surface area contributed by atoms with Crippen LogP contribution in [-0.2, 0) is 22.5 Å². The fourth-order valence-corrected chi connectivity index (χ4v) is 4.63. The zero-order valence-electron chi connectivity index (χ0n) is 21.5. The molecule has 0 aromatic heterocycles. The predicted molar refractivity (Wildman–Crippen MR) is 134 cm³/mol. The normalized spacial score (nSPS) is 33.9. The van der Waals surface area contributed by atoms with Crippen molar-refractivity contribution in [2.24, 2.45) is 0 Å². The smallest absolute Gasteiger partial charge is 0.229 e. The highest BCUT2D eigenvalue weighted by molar-refractivity contribution is 5.50. The molecule has 0 spiro atoms. The van der Waals surface area contributed by atoms with Crippen LogP contribution in [0.2, 0.25) is 0 Å². The average molecular weight is 587 g/mol. The summed E-state index contributed by atoms with van der Waals surface area (Å²) in [5.41, 5.74) is 0.458. The third-order valence-corrected chi connectivity index (χ3v) is 7.04. The van der Waals surface area contributed by atoms with Gasteiger partial charge in [-0.25, -0.2) is 0 Å². The van der Waals surface area contributed by atoms with Crippen molar-refractivity contribution in [2.75, 3.05) is 13.2 Å². The number of ether oxygens (including phenoxy) is 4. The van der Waals surface area contributed by atoms with E-state index in [1.165, 1.54) is 30.3 Å². The fraction of sp³-hybridized carbons (Fsp3) is 0.538. The Morgan fingerprint density at radius 1 is 0.585 bits per heavy atom. The second-order valence-corrected chi connectivity index (χ2v) is 9.85. The average Bonchev–Trinajstić information content (AvgIpc) is 2.95. The van der Waals surface area contributed by atoms with Gasteiger partial charge in [0, 0.05) is 23.1 Å². The first-order valence-electron chi connectivity index (χ1n) is 12.7. The number of phenolic OH excluding ortho intramolecular Hbond substituents is 1. The van der Waals surface area contributed by atoms with Crippen molar-refractivity contribution in [2.45, 2.75) is 74.4 Å². The predicted octanol–water partition coefficient (Wildman–Crippen LogP) is -3.46. The molecule has 41 heavy (non-hydrogen) atoms. The Labute approximate surface area is 233 Å². The Morgan fingerprint density at radius 2 is 1.10 bits per heavy atom. The van der Waals surface area contributed by atoms with E-state index in [-0.39, 0.29) is 46.1 Å². The Hall–Kier alpha value is -2.80. The number of hydrogen-bond donors (Lipinski definition) is 11. The van der Waals surface area contributed by atoms with Gasteiger partial charge in [0.15, 0.2) is 0 Å². The molecule has 2 fully saturated rings. The van der Waals surface area contributed by atoms with Crippen LogP contribution in [0, 0.1) is 0 Å². The number of rotatable bonds is 9. The minimum absolute atomic E-state index is 0.0247. The van der Waals surface area contributed by atoms with Gasteiger partial charge < -0.3 is 75.1 Å². The molecule has 0 radical (unpaired) electrons. The second kappa shape index (κ2) is 13.0. The number of aliphatic hydroxyl groups excluding tert-OH is 9. The maximum atomic E-state index is 10.4. The lowest BCUT2D eigenvalue weighted by molar-refractivity contribution is -0.277. The third-order valence-electron chi connectivity index (χ3n) is 7.04. The lowest BCUT2D eigenvalue weighted by atomic mass is 9.98. The zero-order valence-corrected chi connectivity index (χ0v) is 21.5. The summed E-state index contributed by atoms with van der Waals surface area (Å²) in [6.07, 6.45) is -15.9. The molecule has 2 heterocycles. The largest absolute Gasteiger partial charge is 0.508 e. The number of phenols is 2. The summed E-state index contributed by atoms with van der Waals surface area (Å²) in [6, 6.07) is 6.35. The van der Waals surface area contributed by atoms with E-state index in [1.807, 2.05) is 0 Å². The molecule has 228 valence electrons. The third kappa shape index (κ3) is 6.50. The molecule has 2 aliphatic rings. The molecule has 0 aliphatic carbocycles. The van der Waals surface area contributed by atoms with Gasteiger partial charge in [-0.05, 0) is 30.3 Å². The molecule has 0 bridgehead atoms. The highest BCUT2D eigenvalue weighted by Gasteiger charge is 2.46. The van der Waals surface area contributed by atoms with Gasteiger partial charge in [0.2, 0.25) is 12.6 Å². The van der Waals surface area contributed by atoms with Crippen molar-refractivity contribution in [3.63, 3.8) is 0 Å². The van der Waals surface area contributed by atoms with Crippen LogP contribution in [0.15, 0.2) is 30.3 Å². The number of hydrogen-bond acceptors (Lipinski definition) is 15. The van der Waals surface area contributed by atoms with Crippen LogP contribution in [-0.4, -0.2) is 131 Å². The Balaban J connectivity index is 1.65. The molecule has 11 N–H and O–H groups in total. The van der Waals surface area contributed by atoms with Gasteiger partial charge in [0.1, 0.15) is 71.8 Å². The van der Waals surface area contributed by atoms with Crippen molar-refractivity contribution in [1.82, 2.24) is 0 Å². The van der Waals surface area contributed by atoms with Gasteiger partial charge in [0.05, 0.1) is 19.8 Å². The van der Waals surface area contributed by atoms with Gasteiger partial charge in [-0.15, -0.1) is 0 Å². The van der Waals surface area contributed by atoms with E-state index in [2.05, 4.69) is 0 Å². The summed E-state index contributed by atoms with van der Waals surface area (Å²) >= 11 is 0. The summed E-state index contributed by atoms with van der Waals surface area (Å²) in [5, 5.41) is 110. The Morgan fingerprint density at radius 3 is 1.61 bits per heavy atom. The number of aromatic hydroxyl groups is 2. The zero-order chi connectivity index (χ0) is 30.0. The van der Waals surface area contributed by atoms with Crippen LogP contribution in [0.5, 0.6) is 23.0 Å². The molecule has 2 aliphatic heterocycles. The molecule has 2 saturated heterocycles. The SMILES string of the molecule is OCc1cc(O[C@@H]2O[C@H](CO)[C@@H](O)[C@H](O)[C@H]2O)c(Cc2cc(O)ccc2O[C@@H]2O[C@H](CO)[C@@H](O)[C@H](O)[C@H]2O)cc1O. The van der Waals surface area contributed by atoms with E-state index in [9.17, 15) is 56.2 Å². The first kappa shape index (κ1) is 31.1. The van der Waals surface area contributed by atoms with Crippen molar-refractivity contribution in [3.05, 3.63) is 47.0 Å². The molecular formula is C26H34O15. The monoisotopic (exact) mass is 586 g/mol. The molecule has 15 heteroatoms. The van der Waals surface area contributed by atoms with Crippen molar-refractivity contribution in [1.29, 1.82) is 0 Å². The molecule has 0 amide bonds. The maximum absolute atomic E-state index is 10.4. The van der Waals surface area contributed by atoms with Crippen LogP contribution in [0.25, 0.3) is 0 Å². The van der Waals surface area contributed by atoms with Crippen molar-refractivity contribution in [3.8, 4) is 23.0 Å².